The fourth-order valence-corrected chi connectivity index (χ4v) is 2.33. The minimum Gasteiger partial charge on any atom is -0.406 e. The molecule has 0 bridgehead atoms. The third kappa shape index (κ3) is 2.51. The van der Waals surface area contributed by atoms with Crippen molar-refractivity contribution in [2.75, 3.05) is 0 Å². The first-order valence-electron chi connectivity index (χ1n) is 6.73. The number of benzene rings is 1. The van der Waals surface area contributed by atoms with Crippen molar-refractivity contribution in [2.24, 2.45) is 0 Å². The van der Waals surface area contributed by atoms with Gasteiger partial charge >= 0.3 is 5.76 Å². The zero-order chi connectivity index (χ0) is 15.8. The lowest BCUT2D eigenvalue weighted by atomic mass is 10.2. The first-order chi connectivity index (χ1) is 11.2. The molecule has 3 aromatic heterocycles. The number of halogens is 1. The average Bonchev–Trinajstić information content (AvgIpc) is 3.14. The van der Waals surface area contributed by atoms with Crippen LogP contribution in [0.4, 0.5) is 0 Å². The van der Waals surface area contributed by atoms with Crippen molar-refractivity contribution in [3.63, 3.8) is 0 Å². The highest BCUT2D eigenvalue weighted by Crippen LogP contribution is 2.20. The Balaban J connectivity index is 1.68. The van der Waals surface area contributed by atoms with Gasteiger partial charge in [0.2, 0.25) is 0 Å². The summed E-state index contributed by atoms with van der Waals surface area (Å²) in [5.41, 5.74) is 1.60. The highest BCUT2D eigenvalue weighted by Gasteiger charge is 2.14. The Labute approximate surface area is 134 Å². The maximum atomic E-state index is 11.9. The number of aromatic nitrogens is 4. The van der Waals surface area contributed by atoms with Crippen LogP contribution in [0.1, 0.15) is 5.82 Å². The number of nitrogens with zero attached hydrogens (tertiary/aromatic N) is 4. The van der Waals surface area contributed by atoms with Crippen LogP contribution in [-0.2, 0) is 6.54 Å². The molecule has 4 aromatic rings. The molecule has 3 heterocycles. The Kier molecular flexibility index (Phi) is 3.20. The Morgan fingerprint density at radius 3 is 2.83 bits per heavy atom. The van der Waals surface area contributed by atoms with Crippen molar-refractivity contribution in [1.29, 1.82) is 0 Å². The summed E-state index contributed by atoms with van der Waals surface area (Å²) >= 11 is 5.85. The lowest BCUT2D eigenvalue weighted by molar-refractivity contribution is 0.418. The van der Waals surface area contributed by atoms with E-state index >= 15 is 0 Å². The van der Waals surface area contributed by atoms with E-state index in [9.17, 15) is 4.79 Å². The zero-order valence-electron chi connectivity index (χ0n) is 11.6. The van der Waals surface area contributed by atoms with Gasteiger partial charge in [0.25, 0.3) is 5.89 Å². The number of hydrogen-bond donors (Lipinski definition) is 0. The first-order valence-corrected chi connectivity index (χ1v) is 7.11. The molecule has 4 rings (SSSR count). The van der Waals surface area contributed by atoms with Gasteiger partial charge in [-0.1, -0.05) is 16.8 Å². The second-order valence-electron chi connectivity index (χ2n) is 4.80. The van der Waals surface area contributed by atoms with Crippen LogP contribution >= 0.6 is 11.6 Å². The van der Waals surface area contributed by atoms with Crippen molar-refractivity contribution in [3.8, 4) is 11.5 Å². The topological polar surface area (TPSA) is 87.0 Å². The predicted octanol–water partition coefficient (Wildman–Crippen LogP) is 2.74. The molecule has 0 aliphatic heterocycles. The van der Waals surface area contributed by atoms with E-state index in [4.69, 9.17) is 20.5 Å². The van der Waals surface area contributed by atoms with Crippen LogP contribution in [0.15, 0.2) is 56.3 Å². The quantitative estimate of drug-likeness (QED) is 0.574. The molecule has 8 heteroatoms. The van der Waals surface area contributed by atoms with E-state index in [2.05, 4.69) is 15.1 Å². The fraction of sp³-hybridized carbons (Fsp3) is 0.0667. The maximum absolute atomic E-state index is 11.9. The van der Waals surface area contributed by atoms with Gasteiger partial charge in [-0.15, -0.1) is 0 Å². The molecule has 0 aliphatic rings. The minimum absolute atomic E-state index is 0.111. The molecule has 7 nitrogen and oxygen atoms in total. The molecule has 0 aliphatic carbocycles. The summed E-state index contributed by atoms with van der Waals surface area (Å²) in [6, 6.07) is 10.4. The van der Waals surface area contributed by atoms with Gasteiger partial charge < -0.3 is 8.94 Å². The van der Waals surface area contributed by atoms with Crippen LogP contribution in [0, 0.1) is 0 Å². The van der Waals surface area contributed by atoms with E-state index < -0.39 is 5.76 Å². The SMILES string of the molecule is O=c1oc2cccnc2n1Cc1noc(-c2ccc(Cl)cc2)n1. The Morgan fingerprint density at radius 2 is 2.00 bits per heavy atom. The van der Waals surface area contributed by atoms with Gasteiger partial charge in [-0.25, -0.2) is 9.78 Å². The van der Waals surface area contributed by atoms with Crippen LogP contribution in [0.2, 0.25) is 5.02 Å². The molecule has 0 unspecified atom stereocenters. The summed E-state index contributed by atoms with van der Waals surface area (Å²) < 4.78 is 11.7. The molecule has 0 amide bonds. The van der Waals surface area contributed by atoms with Gasteiger partial charge in [-0.3, -0.25) is 4.57 Å². The van der Waals surface area contributed by atoms with Gasteiger partial charge in [0.05, 0.1) is 6.54 Å². The monoisotopic (exact) mass is 328 g/mol. The van der Waals surface area contributed by atoms with Crippen molar-refractivity contribution in [3.05, 3.63) is 64.0 Å². The molecule has 0 radical (unpaired) electrons. The number of pyridine rings is 1. The predicted molar refractivity (Wildman–Crippen MR) is 82.1 cm³/mol. The highest BCUT2D eigenvalue weighted by molar-refractivity contribution is 6.30. The summed E-state index contributed by atoms with van der Waals surface area (Å²) in [6.45, 7) is 0.111. The molecule has 23 heavy (non-hydrogen) atoms. The third-order valence-corrected chi connectivity index (χ3v) is 3.53. The van der Waals surface area contributed by atoms with Crippen molar-refractivity contribution < 1.29 is 8.94 Å². The minimum atomic E-state index is -0.517. The summed E-state index contributed by atoms with van der Waals surface area (Å²) in [7, 11) is 0. The molecule has 0 fully saturated rings. The second kappa shape index (κ2) is 5.36. The van der Waals surface area contributed by atoms with Crippen LogP contribution < -0.4 is 5.76 Å². The summed E-state index contributed by atoms with van der Waals surface area (Å²) in [6.07, 6.45) is 1.59. The van der Waals surface area contributed by atoms with Crippen LogP contribution in [0.25, 0.3) is 22.7 Å². The molecular formula is C15H9ClN4O3. The maximum Gasteiger partial charge on any atom is 0.421 e. The van der Waals surface area contributed by atoms with Crippen LogP contribution in [-0.4, -0.2) is 19.7 Å². The largest absolute Gasteiger partial charge is 0.421 e. The molecule has 114 valence electrons. The first kappa shape index (κ1) is 13.7. The molecule has 0 atom stereocenters. The number of fused-ring (bicyclic) bond motifs is 1. The molecule has 0 N–H and O–H groups in total. The standard InChI is InChI=1S/C15H9ClN4O3/c16-10-5-3-9(4-6-10)14-18-12(19-23-14)8-20-13-11(22-15(20)21)2-1-7-17-13/h1-7H,8H2. The summed E-state index contributed by atoms with van der Waals surface area (Å²) in [5.74, 6) is 0.187. The van der Waals surface area contributed by atoms with E-state index in [-0.39, 0.29) is 6.54 Å². The average molecular weight is 329 g/mol. The normalized spacial score (nSPS) is 11.2. The smallest absolute Gasteiger partial charge is 0.406 e. The second-order valence-corrected chi connectivity index (χ2v) is 5.24. The lowest BCUT2D eigenvalue weighted by Gasteiger charge is -1.95. The van der Waals surface area contributed by atoms with Crippen LogP contribution in [0.3, 0.4) is 0 Å². The number of rotatable bonds is 3. The zero-order valence-corrected chi connectivity index (χ0v) is 12.4. The molecule has 0 saturated carbocycles. The Morgan fingerprint density at radius 1 is 1.17 bits per heavy atom. The highest BCUT2D eigenvalue weighted by atomic mass is 35.5. The van der Waals surface area contributed by atoms with Crippen molar-refractivity contribution in [2.45, 2.75) is 6.54 Å². The molecule has 1 aromatic carbocycles. The van der Waals surface area contributed by atoms with E-state index in [1.807, 2.05) is 0 Å². The fourth-order valence-electron chi connectivity index (χ4n) is 2.21. The lowest BCUT2D eigenvalue weighted by Crippen LogP contribution is -2.16. The number of oxazole rings is 1. The third-order valence-electron chi connectivity index (χ3n) is 3.28. The summed E-state index contributed by atoms with van der Waals surface area (Å²) in [4.78, 5) is 20.3. The molecule has 0 spiro atoms. The van der Waals surface area contributed by atoms with E-state index in [1.54, 1.807) is 42.6 Å². The van der Waals surface area contributed by atoms with Gasteiger partial charge in [-0.2, -0.15) is 4.98 Å². The van der Waals surface area contributed by atoms with Gasteiger partial charge in [0.1, 0.15) is 0 Å². The van der Waals surface area contributed by atoms with Gasteiger partial charge in [0.15, 0.2) is 17.1 Å². The van der Waals surface area contributed by atoms with Crippen LogP contribution in [0.5, 0.6) is 0 Å². The van der Waals surface area contributed by atoms with Crippen molar-refractivity contribution >= 4 is 22.8 Å². The molecule has 0 saturated heterocycles. The number of hydrogen-bond acceptors (Lipinski definition) is 6. The summed E-state index contributed by atoms with van der Waals surface area (Å²) in [5, 5.41) is 4.51. The van der Waals surface area contributed by atoms with Crippen molar-refractivity contribution in [1.82, 2.24) is 19.7 Å². The van der Waals surface area contributed by atoms with E-state index in [1.165, 1.54) is 4.57 Å². The van der Waals surface area contributed by atoms with Gasteiger partial charge in [-0.05, 0) is 36.4 Å². The van der Waals surface area contributed by atoms with Gasteiger partial charge in [0, 0.05) is 16.8 Å². The van der Waals surface area contributed by atoms with E-state index in [0.29, 0.717) is 28.0 Å². The Hall–Kier alpha value is -2.93. The van der Waals surface area contributed by atoms with E-state index in [0.717, 1.165) is 5.56 Å². The Bertz CT molecular complexity index is 1030. The molecular weight excluding hydrogens is 320 g/mol.